The summed E-state index contributed by atoms with van der Waals surface area (Å²) in [6.07, 6.45) is 0.757. The highest BCUT2D eigenvalue weighted by Gasteiger charge is 2.44. The second-order valence-corrected chi connectivity index (χ2v) is 5.91. The lowest BCUT2D eigenvalue weighted by Gasteiger charge is -2.26. The summed E-state index contributed by atoms with van der Waals surface area (Å²) in [4.78, 5) is 24.0. The number of nitrogens with one attached hydrogen (secondary N) is 1. The van der Waals surface area contributed by atoms with E-state index in [1.54, 1.807) is 0 Å². The summed E-state index contributed by atoms with van der Waals surface area (Å²) in [5, 5.41) is 29.6. The van der Waals surface area contributed by atoms with Gasteiger partial charge in [0.2, 0.25) is 6.33 Å². The first kappa shape index (κ1) is 17.0. The van der Waals surface area contributed by atoms with Crippen LogP contribution in [0.4, 0.5) is 17.3 Å². The summed E-state index contributed by atoms with van der Waals surface area (Å²) in [6, 6.07) is 5.44. The molecule has 140 valence electrons. The van der Waals surface area contributed by atoms with Gasteiger partial charge in [0.05, 0.1) is 22.9 Å². The third-order valence-corrected chi connectivity index (χ3v) is 4.24. The van der Waals surface area contributed by atoms with E-state index in [1.165, 1.54) is 35.3 Å². The maximum atomic E-state index is 10.8. The monoisotopic (exact) mass is 375 g/mol. The minimum Gasteiger partial charge on any atom is -0.390 e. The Labute approximate surface area is 150 Å². The zero-order chi connectivity index (χ0) is 19.0. The van der Waals surface area contributed by atoms with Crippen LogP contribution in [-0.4, -0.2) is 49.3 Å². The van der Waals surface area contributed by atoms with Gasteiger partial charge in [-0.3, -0.25) is 15.5 Å². The molecular formula is C14H13N7O6. The van der Waals surface area contributed by atoms with Gasteiger partial charge in [0.1, 0.15) is 12.1 Å². The Bertz CT molecular complexity index is 911. The number of non-ortho nitro benzene ring substituents is 1. The Morgan fingerprint density at radius 3 is 2.67 bits per heavy atom. The van der Waals surface area contributed by atoms with E-state index in [2.05, 4.69) is 20.6 Å². The van der Waals surface area contributed by atoms with Gasteiger partial charge in [0.25, 0.3) is 5.69 Å². The van der Waals surface area contributed by atoms with E-state index in [9.17, 15) is 20.2 Å². The molecule has 2 aromatic rings. The summed E-state index contributed by atoms with van der Waals surface area (Å²) in [5.74, 6) is -0.487. The number of nitro benzene ring substituents is 1. The summed E-state index contributed by atoms with van der Waals surface area (Å²) >= 11 is 0. The molecule has 0 amide bonds. The van der Waals surface area contributed by atoms with E-state index in [4.69, 9.17) is 9.47 Å². The third kappa shape index (κ3) is 3.32. The van der Waals surface area contributed by atoms with Crippen molar-refractivity contribution in [3.8, 4) is 0 Å². The van der Waals surface area contributed by atoms with Crippen LogP contribution in [0.15, 0.2) is 35.7 Å². The number of benzene rings is 1. The summed E-state index contributed by atoms with van der Waals surface area (Å²) in [7, 11) is 0. The molecule has 13 heteroatoms. The molecule has 0 spiro atoms. The molecule has 4 rings (SSSR count). The Hall–Kier alpha value is -3.45. The van der Waals surface area contributed by atoms with Gasteiger partial charge in [-0.15, -0.1) is 0 Å². The first-order valence-corrected chi connectivity index (χ1v) is 7.91. The van der Waals surface area contributed by atoms with Crippen LogP contribution in [0, 0.1) is 20.2 Å². The number of nitro groups is 2. The molecule has 2 saturated heterocycles. The second kappa shape index (κ2) is 6.69. The molecule has 2 aliphatic rings. The van der Waals surface area contributed by atoms with Crippen molar-refractivity contribution < 1.29 is 19.3 Å². The Balaban J connectivity index is 1.51. The van der Waals surface area contributed by atoms with Crippen LogP contribution in [0.5, 0.6) is 0 Å². The van der Waals surface area contributed by atoms with Crippen molar-refractivity contribution in [2.24, 2.45) is 5.10 Å². The number of fused-ring (bicyclic) bond motifs is 2. The van der Waals surface area contributed by atoms with E-state index in [1.807, 2.05) is 0 Å². The van der Waals surface area contributed by atoms with Crippen molar-refractivity contribution in [2.75, 3.05) is 12.0 Å². The Morgan fingerprint density at radius 1 is 1.22 bits per heavy atom. The van der Waals surface area contributed by atoms with Crippen molar-refractivity contribution in [2.45, 2.75) is 24.9 Å². The maximum absolute atomic E-state index is 10.8. The van der Waals surface area contributed by atoms with Crippen molar-refractivity contribution in [1.82, 2.24) is 14.8 Å². The van der Waals surface area contributed by atoms with Crippen molar-refractivity contribution in [3.05, 3.63) is 50.8 Å². The second-order valence-electron chi connectivity index (χ2n) is 5.91. The highest BCUT2D eigenvalue weighted by Crippen LogP contribution is 2.33. The van der Waals surface area contributed by atoms with E-state index >= 15 is 0 Å². The number of ether oxygens (including phenoxy) is 2. The first-order chi connectivity index (χ1) is 13.0. The van der Waals surface area contributed by atoms with Gasteiger partial charge in [-0.25, -0.2) is 0 Å². The molecule has 3 heterocycles. The first-order valence-electron chi connectivity index (χ1n) is 7.91. The lowest BCUT2D eigenvalue weighted by atomic mass is 10.0. The molecule has 1 aromatic carbocycles. The van der Waals surface area contributed by atoms with Crippen molar-refractivity contribution in [3.63, 3.8) is 0 Å². The quantitative estimate of drug-likeness (QED) is 0.599. The topological polar surface area (TPSA) is 160 Å². The molecule has 2 bridgehead atoms. The largest absolute Gasteiger partial charge is 0.490 e. The standard InChI is InChI=1S/C14H13N7O6/c22-20(23)9-3-1-8(2-4-9)16-17-10-5-11(12-6-26-13(10)27-12)19-7-15-14(18-19)21(24)25/h1-4,7,11-13,16H,5-6H2/b17-10+/t11-,12+,13-/m0/s1. The van der Waals surface area contributed by atoms with Gasteiger partial charge in [-0.2, -0.15) is 9.78 Å². The van der Waals surface area contributed by atoms with Crippen LogP contribution in [0.2, 0.25) is 0 Å². The predicted octanol–water partition coefficient (Wildman–Crippen LogP) is 1.25. The van der Waals surface area contributed by atoms with E-state index in [0.717, 1.165) is 0 Å². The number of aromatic nitrogens is 3. The average Bonchev–Trinajstić information content (AvgIpc) is 3.30. The highest BCUT2D eigenvalue weighted by atomic mass is 16.7. The van der Waals surface area contributed by atoms with Gasteiger partial charge in [0.15, 0.2) is 6.29 Å². The SMILES string of the molecule is O=[N+]([O-])c1ccc(N/N=C2\C[C@H](n3cnc([N+](=O)[O-])n3)[C@H]3CO[C@H]2O3)cc1. The predicted molar refractivity (Wildman–Crippen MR) is 89.1 cm³/mol. The maximum Gasteiger partial charge on any atom is 0.490 e. The molecule has 27 heavy (non-hydrogen) atoms. The fourth-order valence-electron chi connectivity index (χ4n) is 2.90. The van der Waals surface area contributed by atoms with Crippen LogP contribution in [-0.2, 0) is 9.47 Å². The van der Waals surface area contributed by atoms with Crippen LogP contribution in [0.1, 0.15) is 12.5 Å². The lowest BCUT2D eigenvalue weighted by molar-refractivity contribution is -0.394. The third-order valence-electron chi connectivity index (χ3n) is 4.24. The molecule has 0 aliphatic carbocycles. The summed E-state index contributed by atoms with van der Waals surface area (Å²) < 4.78 is 12.7. The number of hydrazone groups is 1. The molecule has 3 atom stereocenters. The average molecular weight is 375 g/mol. The molecule has 2 aliphatic heterocycles. The summed E-state index contributed by atoms with van der Waals surface area (Å²) in [6.45, 7) is 0.305. The van der Waals surface area contributed by atoms with Crippen molar-refractivity contribution in [1.29, 1.82) is 0 Å². The molecule has 13 nitrogen and oxygen atoms in total. The number of nitrogens with zero attached hydrogens (tertiary/aromatic N) is 6. The van der Waals surface area contributed by atoms with Gasteiger partial charge in [-0.05, 0) is 17.1 Å². The fourth-order valence-corrected chi connectivity index (χ4v) is 2.90. The molecule has 1 aromatic heterocycles. The number of hydrogen-bond acceptors (Lipinski definition) is 10. The molecule has 2 fully saturated rings. The van der Waals surface area contributed by atoms with Gasteiger partial charge in [0, 0.05) is 23.7 Å². The van der Waals surface area contributed by atoms with Crippen molar-refractivity contribution >= 4 is 23.0 Å². The van der Waals surface area contributed by atoms with Gasteiger partial charge in [-0.1, -0.05) is 4.98 Å². The van der Waals surface area contributed by atoms with Crippen LogP contribution < -0.4 is 5.43 Å². The Morgan fingerprint density at radius 2 is 2.00 bits per heavy atom. The van der Waals surface area contributed by atoms with E-state index < -0.39 is 22.1 Å². The number of hydrogen-bond donors (Lipinski definition) is 1. The van der Waals surface area contributed by atoms with E-state index in [0.29, 0.717) is 24.4 Å². The number of anilines is 1. The Kier molecular flexibility index (Phi) is 4.21. The zero-order valence-electron chi connectivity index (χ0n) is 13.7. The normalized spacial score (nSPS) is 25.5. The highest BCUT2D eigenvalue weighted by molar-refractivity contribution is 5.89. The number of rotatable bonds is 5. The minimum absolute atomic E-state index is 0.0241. The smallest absolute Gasteiger partial charge is 0.390 e. The van der Waals surface area contributed by atoms with Crippen LogP contribution in [0.25, 0.3) is 0 Å². The molecule has 0 radical (unpaired) electrons. The lowest BCUT2D eigenvalue weighted by Crippen LogP contribution is -2.37. The fraction of sp³-hybridized carbons (Fsp3) is 0.357. The van der Waals surface area contributed by atoms with Gasteiger partial charge < -0.3 is 19.6 Å². The molecule has 1 N–H and O–H groups in total. The zero-order valence-corrected chi connectivity index (χ0v) is 13.7. The molecular weight excluding hydrogens is 362 g/mol. The van der Waals surface area contributed by atoms with E-state index in [-0.39, 0.29) is 17.8 Å². The van der Waals surface area contributed by atoms with Gasteiger partial charge >= 0.3 is 5.95 Å². The van der Waals surface area contributed by atoms with Crippen LogP contribution >= 0.6 is 0 Å². The minimum atomic E-state index is -0.667. The molecule has 0 unspecified atom stereocenters. The molecule has 0 saturated carbocycles. The van der Waals surface area contributed by atoms with Crippen LogP contribution in [0.3, 0.4) is 0 Å². The summed E-state index contributed by atoms with van der Waals surface area (Å²) in [5.41, 5.74) is 3.89.